The van der Waals surface area contributed by atoms with Crippen LogP contribution in [0.15, 0.2) is 67.7 Å². The van der Waals surface area contributed by atoms with Gasteiger partial charge in [-0.25, -0.2) is 32.9 Å². The Kier molecular flexibility index (Phi) is 29.8. The minimum atomic E-state index is -5.79. The molecule has 4 amide bonds. The predicted molar refractivity (Wildman–Crippen MR) is 350 cm³/mol. The number of phosphoric ester groups is 1. The van der Waals surface area contributed by atoms with Crippen LogP contribution >= 0.6 is 45.1 Å². The lowest BCUT2D eigenvalue weighted by Crippen LogP contribution is -2.36. The van der Waals surface area contributed by atoms with E-state index in [1.165, 1.54) is 35.2 Å². The van der Waals surface area contributed by atoms with Crippen LogP contribution in [0.3, 0.4) is 0 Å². The van der Waals surface area contributed by atoms with Crippen LogP contribution in [0.4, 0.5) is 21.1 Å². The number of carboxylic acids is 1. The van der Waals surface area contributed by atoms with Crippen LogP contribution in [0.5, 0.6) is 0 Å². The van der Waals surface area contributed by atoms with Crippen molar-refractivity contribution < 1.29 is 129 Å². The van der Waals surface area contributed by atoms with E-state index in [1.807, 2.05) is 13.8 Å². The Hall–Kier alpha value is -6.66. The number of aromatic nitrogens is 2. The third-order valence-corrected chi connectivity index (χ3v) is 22.2. The van der Waals surface area contributed by atoms with E-state index in [1.54, 1.807) is 10.8 Å². The van der Waals surface area contributed by atoms with E-state index in [-0.39, 0.29) is 110 Å². The molecule has 3 heterocycles. The highest BCUT2D eigenvalue weighted by molar-refractivity contribution is 8.77. The Morgan fingerprint density at radius 2 is 1.53 bits per heavy atom. The second-order valence-corrected chi connectivity index (χ2v) is 31.4. The van der Waals surface area contributed by atoms with Gasteiger partial charge in [0.15, 0.2) is 21.1 Å². The lowest BCUT2D eigenvalue weighted by atomic mass is 9.89. The van der Waals surface area contributed by atoms with Crippen LogP contribution in [-0.4, -0.2) is 186 Å². The van der Waals surface area contributed by atoms with E-state index in [4.69, 9.17) is 65.2 Å². The number of hydrogen-bond acceptors (Lipinski definition) is 29. The first-order chi connectivity index (χ1) is 46.4. The third-order valence-electron chi connectivity index (χ3n) is 13.5. The monoisotopic (exact) mass is 1530 g/mol. The standard InChI is InChI=1S/C53H71N10O29P3S4/c1-53(2,97-96-30-85-19-5-3-4-15-59-50(67)60-16-6-7-32-27-63(51(68)62-47(32)57)41-26-39(87-29-54)40(89-41)28-88-94(73,74)92-95(75,76)91-93(70,71)72)14-20-86-52(69)61-18-22-84-24-23-83-21-17-58-48(64)31-8-9-33(49(65)66)36(25-31)42-34-10-12-37(55)45(98(77,78)79)43(34)90-44-35(42)11-13-38(56)46(44)99(80,81)82/h8-13,25,27,39-41,55H,3-5,14-24,26,28-30,54,56H2,1-2H3,(H,58,64)(H,61,69)(H,65,66)(H,73,74)(H,75,76)(H2,57,62,68)(H2,59,60,67)(H2,70,71,72)(H,77,78,79)(H,80,81,82)/t39-,40?,41-/m1/s1. The van der Waals surface area contributed by atoms with Gasteiger partial charge in [-0.15, -0.1) is 0 Å². The van der Waals surface area contributed by atoms with Gasteiger partial charge in [0, 0.05) is 65.7 Å². The number of urea groups is 1. The molecule has 0 saturated carbocycles. The highest BCUT2D eigenvalue weighted by Gasteiger charge is 2.44. The minimum absolute atomic E-state index is 0.00350. The molecule has 46 heteroatoms. The molecule has 3 aromatic rings. The smallest absolute Gasteiger partial charge is 0.478 e. The second-order valence-electron chi connectivity index (χ2n) is 21.3. The zero-order valence-corrected chi connectivity index (χ0v) is 58.2. The van der Waals surface area contributed by atoms with E-state index >= 15 is 0 Å². The highest BCUT2D eigenvalue weighted by Crippen LogP contribution is 2.66. The maximum atomic E-state index is 13.4. The van der Waals surface area contributed by atoms with Gasteiger partial charge in [0.2, 0.25) is 0 Å². The van der Waals surface area contributed by atoms with Gasteiger partial charge in [-0.3, -0.25) is 28.4 Å². The van der Waals surface area contributed by atoms with Crippen molar-refractivity contribution in [2.24, 2.45) is 5.73 Å². The number of benzene rings is 3. The molecule has 1 aliphatic carbocycles. The average Bonchev–Trinajstić information content (AvgIpc) is 1.20. The first-order valence-electron chi connectivity index (χ1n) is 29.0. The van der Waals surface area contributed by atoms with Gasteiger partial charge in [-0.05, 0) is 87.6 Å². The van der Waals surface area contributed by atoms with Crippen LogP contribution in [0, 0.1) is 17.3 Å². The van der Waals surface area contributed by atoms with Gasteiger partial charge in [-0.2, -0.15) is 30.4 Å². The number of nitrogen functional groups attached to an aromatic ring is 2. The highest BCUT2D eigenvalue weighted by atomic mass is 33.1. The topological polar surface area (TPSA) is 611 Å². The number of nitrogens with one attached hydrogen (secondary N) is 5. The number of carbonyl (C=O) groups excluding carboxylic acids is 3. The van der Waals surface area contributed by atoms with E-state index in [0.717, 1.165) is 41.7 Å². The van der Waals surface area contributed by atoms with Crippen molar-refractivity contribution in [3.63, 3.8) is 0 Å². The summed E-state index contributed by atoms with van der Waals surface area (Å²) in [7, 11) is -24.4. The number of nitrogens with zero attached hydrogens (tertiary/aromatic N) is 2. The molecule has 18 N–H and O–H groups in total. The molecular formula is C53H71N10O29P3S4. The molecule has 0 radical (unpaired) electrons. The van der Waals surface area contributed by atoms with Crippen molar-refractivity contribution in [2.75, 3.05) is 96.6 Å². The maximum absolute atomic E-state index is 13.4. The van der Waals surface area contributed by atoms with Crippen LogP contribution in [-0.2, 0) is 75.5 Å². The summed E-state index contributed by atoms with van der Waals surface area (Å²) in [4.78, 5) is 102. The number of carboxylic acid groups (broad SMARTS) is 1. The number of alkyl carbamates (subject to hydrolysis) is 1. The number of unbranched alkanes of at least 4 members (excludes halogenated alkanes) is 2. The van der Waals surface area contributed by atoms with Crippen LogP contribution < -0.4 is 49.5 Å². The molecule has 1 aromatic heterocycles. The molecule has 3 aliphatic rings. The summed E-state index contributed by atoms with van der Waals surface area (Å²) in [6, 6.07) is 7.33. The zero-order valence-electron chi connectivity index (χ0n) is 52.3. The molecule has 5 atom stereocenters. The average molecular weight is 1530 g/mol. The number of aromatic carboxylic acids is 1. The van der Waals surface area contributed by atoms with Crippen molar-refractivity contribution in [1.29, 1.82) is 5.41 Å². The summed E-state index contributed by atoms with van der Waals surface area (Å²) in [6.45, 7) is 4.02. The second kappa shape index (κ2) is 36.3. The molecule has 0 bridgehead atoms. The van der Waals surface area contributed by atoms with Crippen molar-refractivity contribution in [1.82, 2.24) is 30.8 Å². The molecular weight excluding hydrogens is 1460 g/mol. The fraction of sp³-hybridized carbons (Fsp3) is 0.453. The summed E-state index contributed by atoms with van der Waals surface area (Å²) >= 11 is 0. The summed E-state index contributed by atoms with van der Waals surface area (Å²) in [5.41, 5.74) is 13.9. The third kappa shape index (κ3) is 25.1. The summed E-state index contributed by atoms with van der Waals surface area (Å²) in [5, 5.41) is 27.9. The summed E-state index contributed by atoms with van der Waals surface area (Å²) < 4.78 is 157. The van der Waals surface area contributed by atoms with E-state index in [9.17, 15) is 78.5 Å². The largest absolute Gasteiger partial charge is 0.490 e. The molecule has 2 aliphatic heterocycles. The van der Waals surface area contributed by atoms with Crippen molar-refractivity contribution in [2.45, 2.75) is 78.9 Å². The molecule has 99 heavy (non-hydrogen) atoms. The first-order valence-corrected chi connectivity index (χ1v) is 38.7. The lowest BCUT2D eigenvalue weighted by molar-refractivity contribution is -0.0601. The predicted octanol–water partition coefficient (Wildman–Crippen LogP) is 3.06. The van der Waals surface area contributed by atoms with Gasteiger partial charge < -0.3 is 96.0 Å². The van der Waals surface area contributed by atoms with Crippen molar-refractivity contribution >= 4 is 112 Å². The van der Waals surface area contributed by atoms with E-state index < -0.39 is 136 Å². The van der Waals surface area contributed by atoms with Gasteiger partial charge >= 0.3 is 47.3 Å². The van der Waals surface area contributed by atoms with Crippen LogP contribution in [0.1, 0.15) is 78.5 Å². The molecule has 39 nitrogen and oxygen atoms in total. The molecule has 0 spiro atoms. The van der Waals surface area contributed by atoms with Gasteiger partial charge in [0.05, 0.1) is 81.2 Å². The number of anilines is 2. The van der Waals surface area contributed by atoms with Crippen molar-refractivity contribution in [3.05, 3.63) is 81.2 Å². The normalized spacial score (nSPS) is 16.3. The molecule has 6 rings (SSSR count). The summed E-state index contributed by atoms with van der Waals surface area (Å²) in [6.07, 6.45) is -0.302. The minimum Gasteiger partial charge on any atom is -0.478 e. The molecule has 2 aromatic carbocycles. The Balaban J connectivity index is 0.796. The Morgan fingerprint density at radius 3 is 2.19 bits per heavy atom. The van der Waals surface area contributed by atoms with Gasteiger partial charge in [-0.1, -0.05) is 33.4 Å². The number of fused-ring (bicyclic) bond motifs is 2. The van der Waals surface area contributed by atoms with Gasteiger partial charge in [0.25, 0.3) is 26.1 Å². The number of rotatable bonds is 38. The zero-order chi connectivity index (χ0) is 73.1. The Bertz CT molecular complexity index is 4290. The molecule has 1 fully saturated rings. The van der Waals surface area contributed by atoms with E-state index in [2.05, 4.69) is 51.2 Å². The SMILES string of the molecule is CC(C)(CCOC(=O)NCCOCCOCCNC(=O)c1ccc(C(=O)O)c(-c2c3ccc(=N)c(S(=O)(=O)O)c-3oc3c(S(=O)(=O)O)c(N)ccc23)c1)SSCOCCCCCNC(=O)NCC#Cc1cn([C@H]2C[C@@H](OCN)C(COP(=O)(O)OP(=O)(O)OP(=O)(O)O)O2)c(=O)nc1N. The number of hydrogen-bond donors (Lipinski definition) is 15. The first kappa shape index (κ1) is 81.3. The van der Waals surface area contributed by atoms with Gasteiger partial charge in [0.1, 0.15) is 24.1 Å². The quantitative estimate of drug-likeness (QED) is 0.00394. The number of nitrogens with two attached hydrogens (primary N) is 3. The number of carbonyl (C=O) groups is 4. The summed E-state index contributed by atoms with van der Waals surface area (Å²) in [5.74, 6) is 2.53. The lowest BCUT2D eigenvalue weighted by Gasteiger charge is -2.22. The van der Waals surface area contributed by atoms with Crippen LogP contribution in [0.25, 0.3) is 33.4 Å². The number of phosphoric acid groups is 3. The maximum Gasteiger partial charge on any atom is 0.490 e. The van der Waals surface area contributed by atoms with Crippen molar-refractivity contribution in [3.8, 4) is 34.3 Å². The molecule has 3 unspecified atom stereocenters. The number of ether oxygens (including phenoxy) is 6. The Morgan fingerprint density at radius 1 is 0.828 bits per heavy atom. The fourth-order valence-electron chi connectivity index (χ4n) is 9.13. The Labute approximate surface area is 571 Å². The van der Waals surface area contributed by atoms with E-state index in [0.29, 0.717) is 31.9 Å². The molecule has 1 saturated heterocycles. The van der Waals surface area contributed by atoms with Crippen LogP contribution in [0.2, 0.25) is 0 Å². The fourth-order valence-corrected chi connectivity index (χ4v) is 15.9. The number of amides is 4. The molecule has 546 valence electrons.